The van der Waals surface area contributed by atoms with Crippen LogP contribution < -0.4 is 0 Å². The number of rotatable bonds is 4. The van der Waals surface area contributed by atoms with Gasteiger partial charge in [0.15, 0.2) is 0 Å². The average molecular weight is 303 g/mol. The second-order valence-electron chi connectivity index (χ2n) is 6.40. The van der Waals surface area contributed by atoms with Crippen LogP contribution in [-0.2, 0) is 18.6 Å². The van der Waals surface area contributed by atoms with Gasteiger partial charge in [-0.3, -0.25) is 10.1 Å². The van der Waals surface area contributed by atoms with Crippen LogP contribution in [0.5, 0.6) is 0 Å². The lowest BCUT2D eigenvalue weighted by Crippen LogP contribution is -2.11. The SMILES string of the molecule is Cc1c(Cn2cc(C(C)(C)C)nc2CO)cccc1[N+](=O)[O-]. The highest BCUT2D eigenvalue weighted by atomic mass is 16.6. The minimum absolute atomic E-state index is 0.110. The molecule has 0 spiro atoms. The van der Waals surface area contributed by atoms with Gasteiger partial charge in [0, 0.05) is 29.8 Å². The molecule has 0 fully saturated rings. The molecule has 0 saturated carbocycles. The lowest BCUT2D eigenvalue weighted by atomic mass is 9.93. The van der Waals surface area contributed by atoms with E-state index in [1.807, 2.05) is 16.8 Å². The molecule has 0 unspecified atom stereocenters. The first-order valence-corrected chi connectivity index (χ1v) is 7.14. The molecule has 1 N–H and O–H groups in total. The standard InChI is InChI=1S/C16H21N3O3/c1-11-12(6-5-7-13(11)19(21)22)8-18-9-14(16(2,3)4)17-15(18)10-20/h5-7,9,20H,8,10H2,1-4H3. The first-order chi connectivity index (χ1) is 10.2. The van der Waals surface area contributed by atoms with Crippen molar-refractivity contribution in [3.8, 4) is 0 Å². The summed E-state index contributed by atoms with van der Waals surface area (Å²) in [4.78, 5) is 15.1. The van der Waals surface area contributed by atoms with Crippen LogP contribution in [0.2, 0.25) is 0 Å². The van der Waals surface area contributed by atoms with Crippen molar-refractivity contribution < 1.29 is 10.0 Å². The molecule has 118 valence electrons. The number of benzene rings is 1. The van der Waals surface area contributed by atoms with Crippen LogP contribution in [0.4, 0.5) is 5.69 Å². The number of aliphatic hydroxyl groups is 1. The Hall–Kier alpha value is -2.21. The summed E-state index contributed by atoms with van der Waals surface area (Å²) in [6, 6.07) is 5.04. The molecule has 0 saturated heterocycles. The van der Waals surface area contributed by atoms with Crippen LogP contribution in [0.25, 0.3) is 0 Å². The van der Waals surface area contributed by atoms with Gasteiger partial charge in [0.05, 0.1) is 10.6 Å². The zero-order chi connectivity index (χ0) is 16.5. The zero-order valence-electron chi connectivity index (χ0n) is 13.3. The Kier molecular flexibility index (Phi) is 4.32. The molecule has 1 heterocycles. The van der Waals surface area contributed by atoms with Crippen molar-refractivity contribution in [3.63, 3.8) is 0 Å². The Morgan fingerprint density at radius 1 is 1.36 bits per heavy atom. The molecule has 6 heteroatoms. The molecular formula is C16H21N3O3. The lowest BCUT2D eigenvalue weighted by molar-refractivity contribution is -0.385. The van der Waals surface area contributed by atoms with Crippen molar-refractivity contribution in [2.45, 2.75) is 46.3 Å². The molecule has 2 rings (SSSR count). The smallest absolute Gasteiger partial charge is 0.272 e. The van der Waals surface area contributed by atoms with Crippen molar-refractivity contribution >= 4 is 5.69 Å². The molecule has 6 nitrogen and oxygen atoms in total. The van der Waals surface area contributed by atoms with Gasteiger partial charge < -0.3 is 9.67 Å². The van der Waals surface area contributed by atoms with Crippen molar-refractivity contribution in [3.05, 3.63) is 57.2 Å². The summed E-state index contributed by atoms with van der Waals surface area (Å²) >= 11 is 0. The third-order valence-corrected chi connectivity index (χ3v) is 3.72. The van der Waals surface area contributed by atoms with E-state index in [1.54, 1.807) is 13.0 Å². The molecule has 0 aliphatic carbocycles. The number of aliphatic hydroxyl groups excluding tert-OH is 1. The van der Waals surface area contributed by atoms with Gasteiger partial charge in [0.1, 0.15) is 12.4 Å². The Labute approximate surface area is 129 Å². The van der Waals surface area contributed by atoms with E-state index in [2.05, 4.69) is 25.8 Å². The highest BCUT2D eigenvalue weighted by molar-refractivity contribution is 5.44. The van der Waals surface area contributed by atoms with E-state index >= 15 is 0 Å². The summed E-state index contributed by atoms with van der Waals surface area (Å²) in [6.07, 6.45) is 1.91. The van der Waals surface area contributed by atoms with E-state index in [0.29, 0.717) is 17.9 Å². The average Bonchev–Trinajstić information content (AvgIpc) is 2.84. The maximum atomic E-state index is 11.0. The maximum absolute atomic E-state index is 11.0. The molecule has 0 bridgehead atoms. The fourth-order valence-corrected chi connectivity index (χ4v) is 2.30. The van der Waals surface area contributed by atoms with Crippen LogP contribution in [-0.4, -0.2) is 19.6 Å². The molecule has 0 radical (unpaired) electrons. The largest absolute Gasteiger partial charge is 0.388 e. The monoisotopic (exact) mass is 303 g/mol. The lowest BCUT2D eigenvalue weighted by Gasteiger charge is -2.14. The number of nitrogens with zero attached hydrogens (tertiary/aromatic N) is 3. The Bertz CT molecular complexity index is 699. The highest BCUT2D eigenvalue weighted by Gasteiger charge is 2.20. The quantitative estimate of drug-likeness (QED) is 0.695. The van der Waals surface area contributed by atoms with E-state index in [-0.39, 0.29) is 22.6 Å². The number of hydrogen-bond donors (Lipinski definition) is 1. The number of imidazole rings is 1. The van der Waals surface area contributed by atoms with Crippen LogP contribution in [0.1, 0.15) is 43.4 Å². The van der Waals surface area contributed by atoms with Crippen molar-refractivity contribution in [1.82, 2.24) is 9.55 Å². The zero-order valence-corrected chi connectivity index (χ0v) is 13.3. The summed E-state index contributed by atoms with van der Waals surface area (Å²) < 4.78 is 1.85. The van der Waals surface area contributed by atoms with Gasteiger partial charge in [0.25, 0.3) is 5.69 Å². The number of nitro groups is 1. The number of aromatic nitrogens is 2. The van der Waals surface area contributed by atoms with E-state index in [4.69, 9.17) is 0 Å². The Balaban J connectivity index is 2.41. The third kappa shape index (κ3) is 3.17. The molecule has 0 atom stereocenters. The molecule has 1 aromatic carbocycles. The number of hydrogen-bond acceptors (Lipinski definition) is 4. The summed E-state index contributed by atoms with van der Waals surface area (Å²) in [5.41, 5.74) is 2.37. The summed E-state index contributed by atoms with van der Waals surface area (Å²) in [7, 11) is 0. The molecule has 1 aromatic heterocycles. The minimum Gasteiger partial charge on any atom is -0.388 e. The van der Waals surface area contributed by atoms with Gasteiger partial charge in [-0.1, -0.05) is 32.9 Å². The second kappa shape index (κ2) is 5.88. The van der Waals surface area contributed by atoms with Gasteiger partial charge in [-0.2, -0.15) is 0 Å². The third-order valence-electron chi connectivity index (χ3n) is 3.72. The first-order valence-electron chi connectivity index (χ1n) is 7.14. The fourth-order valence-electron chi connectivity index (χ4n) is 2.30. The minimum atomic E-state index is -0.375. The van der Waals surface area contributed by atoms with Crippen LogP contribution in [0.15, 0.2) is 24.4 Å². The predicted molar refractivity (Wildman–Crippen MR) is 83.8 cm³/mol. The van der Waals surface area contributed by atoms with Gasteiger partial charge in [0.2, 0.25) is 0 Å². The Morgan fingerprint density at radius 2 is 2.05 bits per heavy atom. The van der Waals surface area contributed by atoms with E-state index in [1.165, 1.54) is 6.07 Å². The van der Waals surface area contributed by atoms with E-state index in [9.17, 15) is 15.2 Å². The van der Waals surface area contributed by atoms with Gasteiger partial charge in [-0.05, 0) is 12.5 Å². The normalized spacial score (nSPS) is 11.7. The van der Waals surface area contributed by atoms with Crippen molar-refractivity contribution in [2.75, 3.05) is 0 Å². The van der Waals surface area contributed by atoms with Crippen LogP contribution in [0, 0.1) is 17.0 Å². The molecular weight excluding hydrogens is 282 g/mol. The molecule has 2 aromatic rings. The van der Waals surface area contributed by atoms with Gasteiger partial charge in [-0.15, -0.1) is 0 Å². The molecule has 0 amide bonds. The second-order valence-corrected chi connectivity index (χ2v) is 6.40. The van der Waals surface area contributed by atoms with Crippen LogP contribution >= 0.6 is 0 Å². The van der Waals surface area contributed by atoms with E-state index in [0.717, 1.165) is 11.3 Å². The highest BCUT2D eigenvalue weighted by Crippen LogP contribution is 2.25. The number of nitro benzene ring substituents is 1. The van der Waals surface area contributed by atoms with Gasteiger partial charge in [-0.25, -0.2) is 4.98 Å². The molecule has 0 aliphatic heterocycles. The summed E-state index contributed by atoms with van der Waals surface area (Å²) in [6.45, 7) is 8.20. The van der Waals surface area contributed by atoms with E-state index < -0.39 is 0 Å². The summed E-state index contributed by atoms with van der Waals surface area (Å²) in [5, 5.41) is 20.5. The van der Waals surface area contributed by atoms with Gasteiger partial charge >= 0.3 is 0 Å². The Morgan fingerprint density at radius 3 is 2.59 bits per heavy atom. The molecule has 22 heavy (non-hydrogen) atoms. The fraction of sp³-hybridized carbons (Fsp3) is 0.438. The first kappa shape index (κ1) is 16.2. The topological polar surface area (TPSA) is 81.2 Å². The van der Waals surface area contributed by atoms with Crippen molar-refractivity contribution in [2.24, 2.45) is 0 Å². The maximum Gasteiger partial charge on any atom is 0.272 e. The predicted octanol–water partition coefficient (Wildman–Crippen LogP) is 2.94. The van der Waals surface area contributed by atoms with Crippen molar-refractivity contribution in [1.29, 1.82) is 0 Å². The van der Waals surface area contributed by atoms with Crippen LogP contribution in [0.3, 0.4) is 0 Å². The summed E-state index contributed by atoms with van der Waals surface area (Å²) in [5.74, 6) is 0.566. The molecule has 0 aliphatic rings.